The normalized spacial score (nSPS) is 10.5. The van der Waals surface area contributed by atoms with Gasteiger partial charge in [-0.2, -0.15) is 0 Å². The number of benzene rings is 1. The Morgan fingerprint density at radius 1 is 1.00 bits per heavy atom. The highest BCUT2D eigenvalue weighted by atomic mass is 16.4. The highest BCUT2D eigenvalue weighted by molar-refractivity contribution is 5.87. The van der Waals surface area contributed by atoms with Gasteiger partial charge in [0.15, 0.2) is 0 Å². The lowest BCUT2D eigenvalue weighted by molar-refractivity contribution is -0.131. The van der Waals surface area contributed by atoms with E-state index in [0.29, 0.717) is 12.8 Å². The molecule has 0 fully saturated rings. The standard InChI is InChI=1S/C18H27NO3/c1-3-5-13-19(14-6-4-2)17(20)12-9-15-7-10-16(11-8-15)18(21)22/h7-8,10-11H,3-6,9,12-14H2,1-2H3,(H,21,22). The van der Waals surface area contributed by atoms with Crippen molar-refractivity contribution in [3.63, 3.8) is 0 Å². The van der Waals surface area contributed by atoms with Crippen LogP contribution in [-0.2, 0) is 11.2 Å². The maximum atomic E-state index is 12.3. The molecular formula is C18H27NO3. The molecule has 0 aliphatic carbocycles. The second-order valence-electron chi connectivity index (χ2n) is 5.59. The number of rotatable bonds is 10. The monoisotopic (exact) mass is 305 g/mol. The van der Waals surface area contributed by atoms with Gasteiger partial charge >= 0.3 is 5.97 Å². The molecule has 1 amide bonds. The van der Waals surface area contributed by atoms with Crippen LogP contribution in [0.4, 0.5) is 0 Å². The average molecular weight is 305 g/mol. The summed E-state index contributed by atoms with van der Waals surface area (Å²) in [5, 5.41) is 8.87. The summed E-state index contributed by atoms with van der Waals surface area (Å²) in [6.07, 6.45) is 5.41. The number of hydrogen-bond acceptors (Lipinski definition) is 2. The van der Waals surface area contributed by atoms with Crippen molar-refractivity contribution in [3.05, 3.63) is 35.4 Å². The van der Waals surface area contributed by atoms with Gasteiger partial charge in [-0.3, -0.25) is 4.79 Å². The minimum absolute atomic E-state index is 0.198. The smallest absolute Gasteiger partial charge is 0.335 e. The fourth-order valence-corrected chi connectivity index (χ4v) is 2.28. The van der Waals surface area contributed by atoms with Gasteiger partial charge in [0.2, 0.25) is 5.91 Å². The molecule has 0 heterocycles. The van der Waals surface area contributed by atoms with Crippen LogP contribution >= 0.6 is 0 Å². The number of nitrogens with zero attached hydrogens (tertiary/aromatic N) is 1. The maximum absolute atomic E-state index is 12.3. The summed E-state index contributed by atoms with van der Waals surface area (Å²) in [5.74, 6) is -0.725. The van der Waals surface area contributed by atoms with Crippen molar-refractivity contribution in [1.29, 1.82) is 0 Å². The lowest BCUT2D eigenvalue weighted by Gasteiger charge is -2.22. The van der Waals surface area contributed by atoms with Gasteiger partial charge in [-0.1, -0.05) is 38.8 Å². The van der Waals surface area contributed by atoms with Crippen molar-refractivity contribution in [3.8, 4) is 0 Å². The number of hydrogen-bond donors (Lipinski definition) is 1. The molecule has 4 heteroatoms. The van der Waals surface area contributed by atoms with E-state index in [9.17, 15) is 9.59 Å². The number of carbonyl (C=O) groups excluding carboxylic acids is 1. The SMILES string of the molecule is CCCCN(CCCC)C(=O)CCc1ccc(C(=O)O)cc1. The van der Waals surface area contributed by atoms with Crippen molar-refractivity contribution in [2.24, 2.45) is 0 Å². The Kier molecular flexibility index (Phi) is 8.26. The van der Waals surface area contributed by atoms with E-state index >= 15 is 0 Å². The van der Waals surface area contributed by atoms with Crippen LogP contribution in [0.15, 0.2) is 24.3 Å². The van der Waals surface area contributed by atoms with Gasteiger partial charge in [-0.05, 0) is 37.0 Å². The number of amides is 1. The molecule has 0 saturated carbocycles. The Labute approximate surface area is 133 Å². The second-order valence-corrected chi connectivity index (χ2v) is 5.59. The van der Waals surface area contributed by atoms with E-state index in [1.54, 1.807) is 24.3 Å². The lowest BCUT2D eigenvalue weighted by atomic mass is 10.1. The van der Waals surface area contributed by atoms with E-state index < -0.39 is 5.97 Å². The van der Waals surface area contributed by atoms with Crippen LogP contribution in [0, 0.1) is 0 Å². The Hall–Kier alpha value is -1.84. The molecule has 0 unspecified atom stereocenters. The first-order valence-corrected chi connectivity index (χ1v) is 8.18. The van der Waals surface area contributed by atoms with Gasteiger partial charge in [-0.15, -0.1) is 0 Å². The number of unbranched alkanes of at least 4 members (excludes halogenated alkanes) is 2. The first-order valence-electron chi connectivity index (χ1n) is 8.18. The van der Waals surface area contributed by atoms with Crippen LogP contribution in [-0.4, -0.2) is 35.0 Å². The van der Waals surface area contributed by atoms with Crippen molar-refractivity contribution in [2.75, 3.05) is 13.1 Å². The Morgan fingerprint density at radius 2 is 1.55 bits per heavy atom. The van der Waals surface area contributed by atoms with Crippen molar-refractivity contribution < 1.29 is 14.7 Å². The average Bonchev–Trinajstić information content (AvgIpc) is 2.53. The summed E-state index contributed by atoms with van der Waals surface area (Å²) >= 11 is 0. The molecule has 0 spiro atoms. The zero-order valence-electron chi connectivity index (χ0n) is 13.7. The largest absolute Gasteiger partial charge is 0.478 e. The number of aromatic carboxylic acids is 1. The Balaban J connectivity index is 2.51. The topological polar surface area (TPSA) is 57.6 Å². The second kappa shape index (κ2) is 9.98. The number of aryl methyl sites for hydroxylation is 1. The van der Waals surface area contributed by atoms with Gasteiger partial charge in [0, 0.05) is 19.5 Å². The van der Waals surface area contributed by atoms with E-state index in [0.717, 1.165) is 44.3 Å². The van der Waals surface area contributed by atoms with Crippen LogP contribution in [0.3, 0.4) is 0 Å². The fourth-order valence-electron chi connectivity index (χ4n) is 2.28. The van der Waals surface area contributed by atoms with Crippen LogP contribution in [0.1, 0.15) is 61.9 Å². The van der Waals surface area contributed by atoms with Gasteiger partial charge in [0.05, 0.1) is 5.56 Å². The molecule has 0 saturated heterocycles. The molecule has 0 aliphatic heterocycles. The van der Waals surface area contributed by atoms with E-state index in [2.05, 4.69) is 13.8 Å². The Morgan fingerprint density at radius 3 is 2.00 bits per heavy atom. The van der Waals surface area contributed by atoms with E-state index in [1.165, 1.54) is 0 Å². The summed E-state index contributed by atoms with van der Waals surface area (Å²) in [4.78, 5) is 25.1. The predicted octanol–water partition coefficient (Wildman–Crippen LogP) is 3.75. The molecule has 1 aromatic rings. The van der Waals surface area contributed by atoms with E-state index in [4.69, 9.17) is 5.11 Å². The van der Waals surface area contributed by atoms with Crippen LogP contribution in [0.5, 0.6) is 0 Å². The van der Waals surface area contributed by atoms with E-state index in [1.807, 2.05) is 4.90 Å². The number of carbonyl (C=O) groups is 2. The summed E-state index contributed by atoms with van der Waals surface area (Å²) in [6, 6.07) is 6.76. The Bertz CT molecular complexity index is 460. The highest BCUT2D eigenvalue weighted by Gasteiger charge is 2.12. The summed E-state index contributed by atoms with van der Waals surface area (Å²) in [7, 11) is 0. The third-order valence-corrected chi connectivity index (χ3v) is 3.74. The van der Waals surface area contributed by atoms with Crippen LogP contribution < -0.4 is 0 Å². The molecule has 22 heavy (non-hydrogen) atoms. The number of carboxylic acids is 1. The zero-order chi connectivity index (χ0) is 16.4. The lowest BCUT2D eigenvalue weighted by Crippen LogP contribution is -2.33. The van der Waals surface area contributed by atoms with Crippen LogP contribution in [0.25, 0.3) is 0 Å². The third kappa shape index (κ3) is 6.29. The molecule has 0 radical (unpaired) electrons. The summed E-state index contributed by atoms with van der Waals surface area (Å²) in [6.45, 7) is 5.94. The van der Waals surface area contributed by atoms with Crippen molar-refractivity contribution in [2.45, 2.75) is 52.4 Å². The van der Waals surface area contributed by atoms with Gasteiger partial charge in [0.1, 0.15) is 0 Å². The minimum Gasteiger partial charge on any atom is -0.478 e. The molecule has 1 rings (SSSR count). The van der Waals surface area contributed by atoms with Crippen molar-refractivity contribution in [1.82, 2.24) is 4.90 Å². The molecule has 0 bridgehead atoms. The highest BCUT2D eigenvalue weighted by Crippen LogP contribution is 2.09. The predicted molar refractivity (Wildman–Crippen MR) is 88.1 cm³/mol. The van der Waals surface area contributed by atoms with Crippen molar-refractivity contribution >= 4 is 11.9 Å². The third-order valence-electron chi connectivity index (χ3n) is 3.74. The molecule has 1 N–H and O–H groups in total. The maximum Gasteiger partial charge on any atom is 0.335 e. The minimum atomic E-state index is -0.923. The molecule has 0 aromatic heterocycles. The van der Waals surface area contributed by atoms with E-state index in [-0.39, 0.29) is 11.5 Å². The molecule has 4 nitrogen and oxygen atoms in total. The molecule has 122 valence electrons. The van der Waals surface area contributed by atoms with Gasteiger partial charge < -0.3 is 10.0 Å². The van der Waals surface area contributed by atoms with Gasteiger partial charge in [-0.25, -0.2) is 4.79 Å². The quantitative estimate of drug-likeness (QED) is 0.716. The molecule has 1 aromatic carbocycles. The molecule has 0 aliphatic rings. The number of carboxylic acid groups (broad SMARTS) is 1. The molecular weight excluding hydrogens is 278 g/mol. The summed E-state index contributed by atoms with van der Waals surface area (Å²) in [5.41, 5.74) is 1.28. The first kappa shape index (κ1) is 18.2. The zero-order valence-corrected chi connectivity index (χ0v) is 13.7. The first-order chi connectivity index (χ1) is 10.6. The van der Waals surface area contributed by atoms with Crippen LogP contribution in [0.2, 0.25) is 0 Å². The van der Waals surface area contributed by atoms with Gasteiger partial charge in [0.25, 0.3) is 0 Å². The summed E-state index contributed by atoms with van der Waals surface area (Å²) < 4.78 is 0. The fraction of sp³-hybridized carbons (Fsp3) is 0.556. The molecule has 0 atom stereocenters.